The number of nitrogens with zero attached hydrogens (tertiary/aromatic N) is 2. The lowest BCUT2D eigenvalue weighted by Crippen LogP contribution is -2.45. The Bertz CT molecular complexity index is 755. The molecule has 144 valence electrons. The minimum Gasteiger partial charge on any atom is -0.490 e. The predicted octanol–water partition coefficient (Wildman–Crippen LogP) is 3.08. The first kappa shape index (κ1) is 18.3. The molecule has 1 saturated heterocycles. The summed E-state index contributed by atoms with van der Waals surface area (Å²) in [6.45, 7) is 3.92. The minimum atomic E-state index is -0.477. The number of carbonyl (C=O) groups excluding carboxylic acids is 1. The molecule has 27 heavy (non-hydrogen) atoms. The second kappa shape index (κ2) is 7.16. The highest BCUT2D eigenvalue weighted by Gasteiger charge is 2.41. The predicted molar refractivity (Wildman–Crippen MR) is 103 cm³/mol. The number of amides is 1. The molecule has 5 heteroatoms. The fourth-order valence-corrected chi connectivity index (χ4v) is 5.47. The van der Waals surface area contributed by atoms with Crippen LogP contribution in [0.1, 0.15) is 62.5 Å². The van der Waals surface area contributed by atoms with Crippen molar-refractivity contribution in [2.45, 2.75) is 62.9 Å². The number of fused-ring (bicyclic) bond motifs is 1. The lowest BCUT2D eigenvalue weighted by Gasteiger charge is -2.37. The van der Waals surface area contributed by atoms with Crippen molar-refractivity contribution < 1.29 is 9.53 Å². The van der Waals surface area contributed by atoms with Crippen LogP contribution < -0.4 is 10.5 Å². The van der Waals surface area contributed by atoms with Crippen LogP contribution in [0.15, 0.2) is 18.2 Å². The SMILES string of the molecule is CC1Oc2ccc(C3(C#N)CCN(CC(N)=O)CC3)cc2C1C1CCCC1. The second-order valence-corrected chi connectivity index (χ2v) is 8.58. The van der Waals surface area contributed by atoms with E-state index >= 15 is 0 Å². The molecule has 0 aromatic heterocycles. The van der Waals surface area contributed by atoms with Gasteiger partial charge in [0, 0.05) is 24.6 Å². The summed E-state index contributed by atoms with van der Waals surface area (Å²) in [5.74, 6) is 1.85. The number of benzene rings is 1. The summed E-state index contributed by atoms with van der Waals surface area (Å²) < 4.78 is 6.16. The Labute approximate surface area is 161 Å². The number of nitriles is 1. The summed E-state index contributed by atoms with van der Waals surface area (Å²) in [6, 6.07) is 9.02. The maximum Gasteiger partial charge on any atom is 0.231 e. The van der Waals surface area contributed by atoms with E-state index in [1.165, 1.54) is 31.2 Å². The van der Waals surface area contributed by atoms with Gasteiger partial charge in [0.25, 0.3) is 0 Å². The Balaban J connectivity index is 1.59. The number of likely N-dealkylation sites (tertiary alicyclic amines) is 1. The first-order valence-electron chi connectivity index (χ1n) is 10.3. The lowest BCUT2D eigenvalue weighted by molar-refractivity contribution is -0.119. The molecule has 1 aromatic rings. The van der Waals surface area contributed by atoms with Crippen molar-refractivity contribution in [1.29, 1.82) is 5.26 Å². The Morgan fingerprint density at radius 2 is 2.04 bits per heavy atom. The van der Waals surface area contributed by atoms with E-state index in [2.05, 4.69) is 36.1 Å². The largest absolute Gasteiger partial charge is 0.490 e. The van der Waals surface area contributed by atoms with E-state index in [-0.39, 0.29) is 18.6 Å². The summed E-state index contributed by atoms with van der Waals surface area (Å²) in [7, 11) is 0. The van der Waals surface area contributed by atoms with Crippen LogP contribution in [0.3, 0.4) is 0 Å². The van der Waals surface area contributed by atoms with Crippen LogP contribution >= 0.6 is 0 Å². The van der Waals surface area contributed by atoms with E-state index in [9.17, 15) is 10.1 Å². The number of carbonyl (C=O) groups is 1. The third kappa shape index (κ3) is 3.32. The van der Waals surface area contributed by atoms with Crippen molar-refractivity contribution in [3.8, 4) is 11.8 Å². The van der Waals surface area contributed by atoms with E-state index in [1.54, 1.807) is 0 Å². The van der Waals surface area contributed by atoms with Crippen LogP contribution in [0.2, 0.25) is 0 Å². The van der Waals surface area contributed by atoms with Crippen molar-refractivity contribution in [3.05, 3.63) is 29.3 Å². The molecular weight excluding hydrogens is 338 g/mol. The zero-order valence-corrected chi connectivity index (χ0v) is 16.1. The van der Waals surface area contributed by atoms with Crippen molar-refractivity contribution in [2.24, 2.45) is 11.7 Å². The third-order valence-corrected chi connectivity index (χ3v) is 6.95. The average Bonchev–Trinajstić information content (AvgIpc) is 3.28. The van der Waals surface area contributed by atoms with Crippen molar-refractivity contribution in [1.82, 2.24) is 4.90 Å². The molecule has 2 fully saturated rings. The van der Waals surface area contributed by atoms with Crippen LogP contribution in [0, 0.1) is 17.2 Å². The normalized spacial score (nSPS) is 27.7. The van der Waals surface area contributed by atoms with E-state index in [0.29, 0.717) is 11.8 Å². The highest BCUT2D eigenvalue weighted by Crippen LogP contribution is 2.49. The van der Waals surface area contributed by atoms with Gasteiger partial charge in [-0.25, -0.2) is 0 Å². The summed E-state index contributed by atoms with van der Waals surface area (Å²) in [5, 5.41) is 10.0. The molecule has 1 aromatic carbocycles. The van der Waals surface area contributed by atoms with E-state index < -0.39 is 5.41 Å². The van der Waals surface area contributed by atoms with Gasteiger partial charge in [-0.1, -0.05) is 25.0 Å². The fraction of sp³-hybridized carbons (Fsp3) is 0.636. The van der Waals surface area contributed by atoms with Gasteiger partial charge in [-0.3, -0.25) is 9.69 Å². The van der Waals surface area contributed by atoms with Gasteiger partial charge in [0.15, 0.2) is 0 Å². The summed E-state index contributed by atoms with van der Waals surface area (Å²) in [4.78, 5) is 13.2. The highest BCUT2D eigenvalue weighted by molar-refractivity contribution is 5.75. The summed E-state index contributed by atoms with van der Waals surface area (Å²) >= 11 is 0. The number of primary amides is 1. The van der Waals surface area contributed by atoms with Gasteiger partial charge in [0.1, 0.15) is 11.9 Å². The van der Waals surface area contributed by atoms with Crippen LogP contribution in [0.25, 0.3) is 0 Å². The average molecular weight is 367 g/mol. The summed E-state index contributed by atoms with van der Waals surface area (Å²) in [6.07, 6.45) is 6.90. The van der Waals surface area contributed by atoms with Gasteiger partial charge >= 0.3 is 0 Å². The molecule has 2 N–H and O–H groups in total. The van der Waals surface area contributed by atoms with Gasteiger partial charge in [0.2, 0.25) is 5.91 Å². The van der Waals surface area contributed by atoms with Crippen molar-refractivity contribution in [3.63, 3.8) is 0 Å². The number of nitrogens with two attached hydrogens (primary N) is 1. The Morgan fingerprint density at radius 3 is 2.67 bits per heavy atom. The first-order valence-corrected chi connectivity index (χ1v) is 10.3. The van der Waals surface area contributed by atoms with E-state index in [0.717, 1.165) is 37.2 Å². The quantitative estimate of drug-likeness (QED) is 0.887. The molecule has 0 bridgehead atoms. The zero-order chi connectivity index (χ0) is 19.0. The Kier molecular flexibility index (Phi) is 4.86. The van der Waals surface area contributed by atoms with Gasteiger partial charge in [-0.15, -0.1) is 0 Å². The number of hydrogen-bond acceptors (Lipinski definition) is 4. The molecule has 2 unspecified atom stereocenters. The zero-order valence-electron chi connectivity index (χ0n) is 16.1. The molecule has 1 amide bonds. The molecule has 3 aliphatic rings. The van der Waals surface area contributed by atoms with Gasteiger partial charge in [-0.2, -0.15) is 5.26 Å². The maximum atomic E-state index is 11.2. The molecule has 1 aliphatic carbocycles. The molecule has 1 saturated carbocycles. The van der Waals surface area contributed by atoms with Crippen LogP contribution in [0.5, 0.6) is 5.75 Å². The van der Waals surface area contributed by atoms with Gasteiger partial charge in [0.05, 0.1) is 18.0 Å². The Hall–Kier alpha value is -2.06. The number of hydrogen-bond donors (Lipinski definition) is 1. The molecule has 0 radical (unpaired) electrons. The van der Waals surface area contributed by atoms with E-state index in [4.69, 9.17) is 10.5 Å². The van der Waals surface area contributed by atoms with Gasteiger partial charge in [-0.05, 0) is 50.2 Å². The highest BCUT2D eigenvalue weighted by atomic mass is 16.5. The molecule has 5 nitrogen and oxygen atoms in total. The second-order valence-electron chi connectivity index (χ2n) is 8.58. The fourth-order valence-electron chi connectivity index (χ4n) is 5.47. The Morgan fingerprint density at radius 1 is 1.33 bits per heavy atom. The van der Waals surface area contributed by atoms with Crippen molar-refractivity contribution >= 4 is 5.91 Å². The number of rotatable bonds is 4. The van der Waals surface area contributed by atoms with Crippen LogP contribution in [-0.2, 0) is 10.2 Å². The monoisotopic (exact) mass is 367 g/mol. The smallest absolute Gasteiger partial charge is 0.231 e. The maximum absolute atomic E-state index is 11.2. The van der Waals surface area contributed by atoms with E-state index in [1.807, 2.05) is 0 Å². The third-order valence-electron chi connectivity index (χ3n) is 6.95. The molecule has 4 rings (SSSR count). The standard InChI is InChI=1S/C22H29N3O2/c1-15-21(16-4-2-3-5-16)18-12-17(6-7-19(18)27-15)22(14-23)8-10-25(11-9-22)13-20(24)26/h6-7,12,15-16,21H,2-5,8-11,13H2,1H3,(H2,24,26). The number of piperidine rings is 1. The molecule has 2 heterocycles. The first-order chi connectivity index (χ1) is 13.0. The van der Waals surface area contributed by atoms with Crippen LogP contribution in [-0.4, -0.2) is 36.5 Å². The number of ether oxygens (including phenoxy) is 1. The van der Waals surface area contributed by atoms with Crippen molar-refractivity contribution in [2.75, 3.05) is 19.6 Å². The topological polar surface area (TPSA) is 79.3 Å². The molecule has 0 spiro atoms. The molecular formula is C22H29N3O2. The summed E-state index contributed by atoms with van der Waals surface area (Å²) in [5.41, 5.74) is 7.27. The molecule has 2 aliphatic heterocycles. The van der Waals surface area contributed by atoms with Gasteiger partial charge < -0.3 is 10.5 Å². The molecule has 2 atom stereocenters. The minimum absolute atomic E-state index is 0.216. The lowest BCUT2D eigenvalue weighted by atomic mass is 9.72. The van der Waals surface area contributed by atoms with Crippen LogP contribution in [0.4, 0.5) is 0 Å².